The molecule has 0 radical (unpaired) electrons. The van der Waals surface area contributed by atoms with E-state index in [1.54, 1.807) is 0 Å². The SMILES string of the molecule is CC(C)C(F)(F)C1CC(=O)NC(=O)C1. The van der Waals surface area contributed by atoms with Crippen LogP contribution in [0.2, 0.25) is 0 Å². The van der Waals surface area contributed by atoms with Gasteiger partial charge >= 0.3 is 0 Å². The first kappa shape index (κ1) is 11.1. The second-order valence-corrected chi connectivity index (χ2v) is 3.91. The van der Waals surface area contributed by atoms with Crippen molar-refractivity contribution in [2.24, 2.45) is 11.8 Å². The highest BCUT2D eigenvalue weighted by molar-refractivity contribution is 5.97. The Labute approximate surface area is 80.9 Å². The zero-order valence-corrected chi connectivity index (χ0v) is 8.14. The second-order valence-electron chi connectivity index (χ2n) is 3.91. The Balaban J connectivity index is 2.77. The van der Waals surface area contributed by atoms with Crippen LogP contribution in [0.4, 0.5) is 8.78 Å². The van der Waals surface area contributed by atoms with E-state index in [2.05, 4.69) is 0 Å². The molecule has 0 saturated carbocycles. The molecule has 0 unspecified atom stereocenters. The average Bonchev–Trinajstić information content (AvgIpc) is 2.01. The maximum atomic E-state index is 13.4. The van der Waals surface area contributed by atoms with Gasteiger partial charge < -0.3 is 0 Å². The van der Waals surface area contributed by atoms with Crippen LogP contribution in [0, 0.1) is 11.8 Å². The lowest BCUT2D eigenvalue weighted by Crippen LogP contribution is -2.46. The summed E-state index contributed by atoms with van der Waals surface area (Å²) in [6.07, 6.45) is -0.534. The molecule has 1 N–H and O–H groups in total. The van der Waals surface area contributed by atoms with Gasteiger partial charge in [0.1, 0.15) is 0 Å². The first-order chi connectivity index (χ1) is 6.34. The lowest BCUT2D eigenvalue weighted by atomic mass is 9.84. The number of nitrogens with one attached hydrogen (secondary N) is 1. The van der Waals surface area contributed by atoms with E-state index in [9.17, 15) is 18.4 Å². The van der Waals surface area contributed by atoms with Crippen LogP contribution in [0.5, 0.6) is 0 Å². The van der Waals surface area contributed by atoms with Gasteiger partial charge in [0.2, 0.25) is 11.8 Å². The minimum absolute atomic E-state index is 0.267. The molecule has 1 rings (SSSR count). The van der Waals surface area contributed by atoms with Crippen LogP contribution in [-0.4, -0.2) is 17.7 Å². The molecule has 0 aromatic heterocycles. The molecular weight excluding hydrogens is 192 g/mol. The van der Waals surface area contributed by atoms with Crippen LogP contribution in [0.3, 0.4) is 0 Å². The largest absolute Gasteiger partial charge is 0.296 e. The molecule has 0 aromatic carbocycles. The molecular formula is C9H13F2NO2. The Morgan fingerprint density at radius 3 is 2.07 bits per heavy atom. The zero-order valence-electron chi connectivity index (χ0n) is 8.14. The van der Waals surface area contributed by atoms with E-state index in [1.807, 2.05) is 5.32 Å². The standard InChI is InChI=1S/C9H13F2NO2/c1-5(2)9(10,11)6-3-7(13)12-8(14)4-6/h5-6H,3-4H2,1-2H3,(H,12,13,14). The Morgan fingerprint density at radius 2 is 1.71 bits per heavy atom. The van der Waals surface area contributed by atoms with Crippen LogP contribution in [0.1, 0.15) is 26.7 Å². The molecule has 0 spiro atoms. The van der Waals surface area contributed by atoms with Crippen molar-refractivity contribution in [1.82, 2.24) is 5.32 Å². The molecule has 0 aromatic rings. The Kier molecular flexibility index (Phi) is 2.87. The summed E-state index contributed by atoms with van der Waals surface area (Å²) in [5.41, 5.74) is 0. The molecule has 80 valence electrons. The minimum Gasteiger partial charge on any atom is -0.296 e. The third-order valence-corrected chi connectivity index (χ3v) is 2.46. The van der Waals surface area contributed by atoms with Crippen molar-refractivity contribution in [3.63, 3.8) is 0 Å². The summed E-state index contributed by atoms with van der Waals surface area (Å²) >= 11 is 0. The molecule has 2 amide bonds. The third-order valence-electron chi connectivity index (χ3n) is 2.46. The normalized spacial score (nSPS) is 20.1. The summed E-state index contributed by atoms with van der Waals surface area (Å²) in [7, 11) is 0. The molecule has 0 aliphatic carbocycles. The van der Waals surface area contributed by atoms with Crippen molar-refractivity contribution >= 4 is 11.8 Å². The number of carbonyl (C=O) groups excluding carboxylic acids is 2. The highest BCUT2D eigenvalue weighted by atomic mass is 19.3. The van der Waals surface area contributed by atoms with Gasteiger partial charge in [-0.3, -0.25) is 14.9 Å². The highest BCUT2D eigenvalue weighted by Crippen LogP contribution is 2.37. The van der Waals surface area contributed by atoms with Crippen molar-refractivity contribution in [3.8, 4) is 0 Å². The predicted octanol–water partition coefficient (Wildman–Crippen LogP) is 1.33. The summed E-state index contributed by atoms with van der Waals surface area (Å²) < 4.78 is 26.9. The van der Waals surface area contributed by atoms with Gasteiger partial charge in [0.05, 0.1) is 0 Å². The molecule has 5 heteroatoms. The highest BCUT2D eigenvalue weighted by Gasteiger charge is 2.46. The fraction of sp³-hybridized carbons (Fsp3) is 0.778. The van der Waals surface area contributed by atoms with Crippen molar-refractivity contribution in [2.75, 3.05) is 0 Å². The van der Waals surface area contributed by atoms with Gasteiger partial charge in [0, 0.05) is 24.7 Å². The summed E-state index contributed by atoms with van der Waals surface area (Å²) in [6.45, 7) is 2.77. The minimum atomic E-state index is -2.95. The van der Waals surface area contributed by atoms with Gasteiger partial charge in [-0.2, -0.15) is 0 Å². The average molecular weight is 205 g/mol. The van der Waals surface area contributed by atoms with Gasteiger partial charge in [0.25, 0.3) is 5.92 Å². The quantitative estimate of drug-likeness (QED) is 0.691. The Hall–Kier alpha value is -1.00. The van der Waals surface area contributed by atoms with E-state index < -0.39 is 29.6 Å². The topological polar surface area (TPSA) is 46.2 Å². The number of alkyl halides is 2. The number of halogens is 2. The number of rotatable bonds is 2. The number of carbonyl (C=O) groups is 2. The smallest absolute Gasteiger partial charge is 0.254 e. The number of imide groups is 1. The molecule has 14 heavy (non-hydrogen) atoms. The Morgan fingerprint density at radius 1 is 1.29 bits per heavy atom. The van der Waals surface area contributed by atoms with Crippen LogP contribution in [0.25, 0.3) is 0 Å². The predicted molar refractivity (Wildman–Crippen MR) is 45.7 cm³/mol. The van der Waals surface area contributed by atoms with E-state index in [0.717, 1.165) is 0 Å². The lowest BCUT2D eigenvalue weighted by molar-refractivity contribution is -0.149. The van der Waals surface area contributed by atoms with Gasteiger partial charge in [-0.1, -0.05) is 13.8 Å². The lowest BCUT2D eigenvalue weighted by Gasteiger charge is -2.31. The van der Waals surface area contributed by atoms with Gasteiger partial charge in [0.15, 0.2) is 0 Å². The first-order valence-corrected chi connectivity index (χ1v) is 4.54. The van der Waals surface area contributed by atoms with E-state index in [4.69, 9.17) is 0 Å². The summed E-state index contributed by atoms with van der Waals surface area (Å²) in [6, 6.07) is 0. The maximum Gasteiger partial charge on any atom is 0.254 e. The fourth-order valence-electron chi connectivity index (χ4n) is 1.52. The molecule has 1 saturated heterocycles. The molecule has 1 fully saturated rings. The van der Waals surface area contributed by atoms with Crippen molar-refractivity contribution in [3.05, 3.63) is 0 Å². The van der Waals surface area contributed by atoms with Crippen molar-refractivity contribution < 1.29 is 18.4 Å². The van der Waals surface area contributed by atoms with E-state index >= 15 is 0 Å². The second kappa shape index (κ2) is 3.63. The fourth-order valence-corrected chi connectivity index (χ4v) is 1.52. The number of piperidine rings is 1. The van der Waals surface area contributed by atoms with E-state index in [1.165, 1.54) is 13.8 Å². The number of amides is 2. The maximum absolute atomic E-state index is 13.4. The van der Waals surface area contributed by atoms with Crippen LogP contribution in [-0.2, 0) is 9.59 Å². The van der Waals surface area contributed by atoms with Gasteiger partial charge in [-0.05, 0) is 0 Å². The molecule has 1 heterocycles. The monoisotopic (exact) mass is 205 g/mol. The Bertz CT molecular complexity index is 248. The molecule has 0 atom stereocenters. The summed E-state index contributed by atoms with van der Waals surface area (Å²) in [5.74, 6) is -6.17. The van der Waals surface area contributed by atoms with Crippen molar-refractivity contribution in [2.45, 2.75) is 32.6 Å². The van der Waals surface area contributed by atoms with Gasteiger partial charge in [-0.15, -0.1) is 0 Å². The van der Waals surface area contributed by atoms with E-state index in [0.29, 0.717) is 0 Å². The van der Waals surface area contributed by atoms with Crippen LogP contribution < -0.4 is 5.32 Å². The van der Waals surface area contributed by atoms with Gasteiger partial charge in [-0.25, -0.2) is 8.78 Å². The molecule has 0 bridgehead atoms. The third kappa shape index (κ3) is 2.08. The van der Waals surface area contributed by atoms with Crippen LogP contribution >= 0.6 is 0 Å². The molecule has 3 nitrogen and oxygen atoms in total. The summed E-state index contributed by atoms with van der Waals surface area (Å²) in [4.78, 5) is 21.8. The number of hydrogen-bond donors (Lipinski definition) is 1. The van der Waals surface area contributed by atoms with Crippen molar-refractivity contribution in [1.29, 1.82) is 0 Å². The zero-order chi connectivity index (χ0) is 10.9. The summed E-state index contributed by atoms with van der Waals surface area (Å²) in [5, 5.41) is 2.01. The first-order valence-electron chi connectivity index (χ1n) is 4.54. The van der Waals surface area contributed by atoms with E-state index in [-0.39, 0.29) is 12.8 Å². The van der Waals surface area contributed by atoms with Crippen LogP contribution in [0.15, 0.2) is 0 Å². The molecule has 1 aliphatic rings. The number of hydrogen-bond acceptors (Lipinski definition) is 2. The molecule has 1 aliphatic heterocycles.